The third kappa shape index (κ3) is 2.89. The second-order valence-electron chi connectivity index (χ2n) is 6.81. The first-order valence-corrected chi connectivity index (χ1v) is 8.56. The number of aliphatic hydroxyl groups is 1. The van der Waals surface area contributed by atoms with E-state index in [-0.39, 0.29) is 24.7 Å². The zero-order chi connectivity index (χ0) is 16.5. The minimum atomic E-state index is -0.265. The second-order valence-corrected chi connectivity index (χ2v) is 6.81. The maximum atomic E-state index is 12.3. The minimum absolute atomic E-state index is 0.0668. The molecule has 24 heavy (non-hydrogen) atoms. The molecule has 1 fully saturated rings. The standard InChI is InChI=1S/C20H22N2O2/c23-12-15(10-13-6-2-1-3-7-13)21-20(24)22-19-17-11-14-8-4-5-9-16(14)18(17)19/h1-9,15,17-19,23H,10-12H2,(H2,21,22,24)/t15-,17+,18-,19+/m0/s1. The van der Waals surface area contributed by atoms with E-state index in [4.69, 9.17) is 0 Å². The van der Waals surface area contributed by atoms with Crippen molar-refractivity contribution in [1.29, 1.82) is 0 Å². The Kier molecular flexibility index (Phi) is 3.98. The van der Waals surface area contributed by atoms with E-state index >= 15 is 0 Å². The maximum Gasteiger partial charge on any atom is 0.315 e. The first-order valence-electron chi connectivity index (χ1n) is 8.56. The van der Waals surface area contributed by atoms with Gasteiger partial charge in [0, 0.05) is 12.0 Å². The Bertz CT molecular complexity index is 725. The third-order valence-corrected chi connectivity index (χ3v) is 5.22. The number of urea groups is 1. The van der Waals surface area contributed by atoms with Gasteiger partial charge in [0.05, 0.1) is 12.6 Å². The van der Waals surface area contributed by atoms with Gasteiger partial charge >= 0.3 is 6.03 Å². The number of benzene rings is 2. The summed E-state index contributed by atoms with van der Waals surface area (Å²) in [5.74, 6) is 1.00. The van der Waals surface area contributed by atoms with Crippen molar-refractivity contribution < 1.29 is 9.90 Å². The summed E-state index contributed by atoms with van der Waals surface area (Å²) < 4.78 is 0. The Hall–Kier alpha value is -2.33. The molecule has 0 spiro atoms. The van der Waals surface area contributed by atoms with Gasteiger partial charge in [0.15, 0.2) is 0 Å². The lowest BCUT2D eigenvalue weighted by Gasteiger charge is -2.18. The molecule has 0 saturated heterocycles. The highest BCUT2D eigenvalue weighted by atomic mass is 16.3. The summed E-state index contributed by atoms with van der Waals surface area (Å²) in [5.41, 5.74) is 3.91. The highest BCUT2D eigenvalue weighted by molar-refractivity contribution is 5.75. The number of hydrogen-bond donors (Lipinski definition) is 3. The molecule has 124 valence electrons. The fraction of sp³-hybridized carbons (Fsp3) is 0.350. The van der Waals surface area contributed by atoms with Crippen LogP contribution in [0.1, 0.15) is 22.6 Å². The van der Waals surface area contributed by atoms with E-state index in [2.05, 4.69) is 34.9 Å². The molecule has 1 saturated carbocycles. The molecule has 4 nitrogen and oxygen atoms in total. The number of rotatable bonds is 5. The molecule has 2 aromatic carbocycles. The predicted octanol–water partition coefficient (Wildman–Crippen LogP) is 2.23. The number of carbonyl (C=O) groups excluding carboxylic acids is 1. The summed E-state index contributed by atoms with van der Waals surface area (Å²) in [6, 6.07) is 18.2. The number of nitrogens with one attached hydrogen (secondary N) is 2. The fourth-order valence-electron chi connectivity index (χ4n) is 3.99. The van der Waals surface area contributed by atoms with Crippen molar-refractivity contribution in [3.05, 3.63) is 71.3 Å². The Balaban J connectivity index is 1.31. The normalized spacial score (nSPS) is 24.6. The summed E-state index contributed by atoms with van der Waals surface area (Å²) in [5, 5.41) is 15.5. The predicted molar refractivity (Wildman–Crippen MR) is 92.9 cm³/mol. The maximum absolute atomic E-state index is 12.3. The van der Waals surface area contributed by atoms with Gasteiger partial charge < -0.3 is 15.7 Å². The quantitative estimate of drug-likeness (QED) is 0.790. The molecule has 4 heteroatoms. The Morgan fingerprint density at radius 1 is 1.12 bits per heavy atom. The second kappa shape index (κ2) is 6.29. The molecule has 0 aliphatic heterocycles. The van der Waals surface area contributed by atoms with Crippen molar-refractivity contribution in [3.63, 3.8) is 0 Å². The third-order valence-electron chi connectivity index (χ3n) is 5.22. The van der Waals surface area contributed by atoms with Gasteiger partial charge in [-0.15, -0.1) is 0 Å². The monoisotopic (exact) mass is 322 g/mol. The van der Waals surface area contributed by atoms with Crippen molar-refractivity contribution in [1.82, 2.24) is 10.6 Å². The van der Waals surface area contributed by atoms with Crippen LogP contribution in [0.15, 0.2) is 54.6 Å². The van der Waals surface area contributed by atoms with E-state index in [9.17, 15) is 9.90 Å². The van der Waals surface area contributed by atoms with Crippen LogP contribution < -0.4 is 10.6 Å². The summed E-state index contributed by atoms with van der Waals surface area (Å²) in [6.07, 6.45) is 1.68. The average Bonchev–Trinajstić information content (AvgIpc) is 3.11. The molecule has 0 bridgehead atoms. The van der Waals surface area contributed by atoms with Gasteiger partial charge in [0.2, 0.25) is 0 Å². The van der Waals surface area contributed by atoms with Gasteiger partial charge in [-0.1, -0.05) is 54.6 Å². The van der Waals surface area contributed by atoms with E-state index in [1.54, 1.807) is 0 Å². The lowest BCUT2D eigenvalue weighted by Crippen LogP contribution is -2.46. The smallest absolute Gasteiger partial charge is 0.315 e. The minimum Gasteiger partial charge on any atom is -0.394 e. The average molecular weight is 322 g/mol. The van der Waals surface area contributed by atoms with E-state index in [1.807, 2.05) is 30.3 Å². The lowest BCUT2D eigenvalue weighted by molar-refractivity contribution is 0.215. The van der Waals surface area contributed by atoms with Crippen LogP contribution in [-0.4, -0.2) is 29.8 Å². The van der Waals surface area contributed by atoms with Crippen LogP contribution >= 0.6 is 0 Å². The molecule has 2 aliphatic carbocycles. The molecule has 0 radical (unpaired) electrons. The fourth-order valence-corrected chi connectivity index (χ4v) is 3.99. The van der Waals surface area contributed by atoms with Crippen molar-refractivity contribution in [2.24, 2.45) is 5.92 Å². The van der Waals surface area contributed by atoms with Crippen LogP contribution in [0.2, 0.25) is 0 Å². The van der Waals surface area contributed by atoms with Gasteiger partial charge in [0.25, 0.3) is 0 Å². The van der Waals surface area contributed by atoms with E-state index < -0.39 is 0 Å². The topological polar surface area (TPSA) is 61.4 Å². The summed E-state index contributed by atoms with van der Waals surface area (Å²) in [7, 11) is 0. The van der Waals surface area contributed by atoms with Gasteiger partial charge in [0.1, 0.15) is 0 Å². The van der Waals surface area contributed by atoms with Gasteiger partial charge in [-0.2, -0.15) is 0 Å². The molecule has 0 unspecified atom stereocenters. The Labute approximate surface area is 141 Å². The molecule has 4 atom stereocenters. The molecule has 3 N–H and O–H groups in total. The van der Waals surface area contributed by atoms with Crippen LogP contribution in [0, 0.1) is 5.92 Å². The van der Waals surface area contributed by atoms with Crippen LogP contribution in [0.5, 0.6) is 0 Å². The van der Waals surface area contributed by atoms with E-state index in [1.165, 1.54) is 11.1 Å². The molecular weight excluding hydrogens is 300 g/mol. The molecular formula is C20H22N2O2. The first-order chi connectivity index (χ1) is 11.8. The lowest BCUT2D eigenvalue weighted by atomic mass is 10.1. The summed E-state index contributed by atoms with van der Waals surface area (Å²) >= 11 is 0. The molecule has 4 rings (SSSR count). The summed E-state index contributed by atoms with van der Waals surface area (Å²) in [6.45, 7) is -0.0668. The molecule has 2 aliphatic rings. The van der Waals surface area contributed by atoms with Gasteiger partial charge in [-0.25, -0.2) is 4.79 Å². The zero-order valence-electron chi connectivity index (χ0n) is 13.5. The number of amides is 2. The van der Waals surface area contributed by atoms with Gasteiger partial charge in [-0.05, 0) is 35.4 Å². The molecule has 0 aromatic heterocycles. The Morgan fingerprint density at radius 3 is 2.67 bits per heavy atom. The highest BCUT2D eigenvalue weighted by Crippen LogP contribution is 2.56. The number of carbonyl (C=O) groups is 1. The largest absolute Gasteiger partial charge is 0.394 e. The van der Waals surface area contributed by atoms with E-state index in [0.717, 1.165) is 12.0 Å². The number of aliphatic hydroxyl groups excluding tert-OH is 1. The van der Waals surface area contributed by atoms with Crippen molar-refractivity contribution in [2.75, 3.05) is 6.61 Å². The first kappa shape index (κ1) is 15.2. The highest BCUT2D eigenvalue weighted by Gasteiger charge is 2.56. The molecule has 2 aromatic rings. The van der Waals surface area contributed by atoms with Crippen LogP contribution in [0.4, 0.5) is 4.79 Å². The molecule has 2 amide bonds. The van der Waals surface area contributed by atoms with Crippen molar-refractivity contribution >= 4 is 6.03 Å². The zero-order valence-corrected chi connectivity index (χ0v) is 13.5. The van der Waals surface area contributed by atoms with Crippen molar-refractivity contribution in [3.8, 4) is 0 Å². The SMILES string of the molecule is O=C(N[C@H](CO)Cc1ccccc1)N[C@@H]1[C@@H]2Cc3ccccc3[C@@H]21. The number of hydrogen-bond acceptors (Lipinski definition) is 2. The van der Waals surface area contributed by atoms with Crippen LogP contribution in [0.3, 0.4) is 0 Å². The van der Waals surface area contributed by atoms with Crippen LogP contribution in [-0.2, 0) is 12.8 Å². The number of fused-ring (bicyclic) bond motifs is 3. The van der Waals surface area contributed by atoms with Crippen LogP contribution in [0.25, 0.3) is 0 Å². The van der Waals surface area contributed by atoms with Gasteiger partial charge in [-0.3, -0.25) is 0 Å². The van der Waals surface area contributed by atoms with E-state index in [0.29, 0.717) is 18.3 Å². The summed E-state index contributed by atoms with van der Waals surface area (Å²) in [4.78, 5) is 12.3. The molecule has 0 heterocycles. The van der Waals surface area contributed by atoms with Crippen molar-refractivity contribution in [2.45, 2.75) is 30.8 Å². The Morgan fingerprint density at radius 2 is 1.88 bits per heavy atom.